The number of nitrogens with one attached hydrogen (secondary N) is 1. The number of carboxylic acids is 1. The number of aliphatic carboxylic acids is 1. The lowest BCUT2D eigenvalue weighted by atomic mass is 10.2. The largest absolute Gasteiger partial charge is 0.480 e. The van der Waals surface area contributed by atoms with Crippen molar-refractivity contribution in [2.24, 2.45) is 0 Å². The van der Waals surface area contributed by atoms with E-state index in [9.17, 15) is 9.59 Å². The van der Waals surface area contributed by atoms with Gasteiger partial charge in [0.1, 0.15) is 6.04 Å². The van der Waals surface area contributed by atoms with Gasteiger partial charge in [-0.3, -0.25) is 0 Å². The van der Waals surface area contributed by atoms with Gasteiger partial charge in [-0.15, -0.1) is 11.3 Å². The predicted octanol–water partition coefficient (Wildman–Crippen LogP) is 2.18. The number of carbonyl (C=O) groups is 2. The quantitative estimate of drug-likeness (QED) is 0.841. The first-order valence-corrected chi connectivity index (χ1v) is 7.12. The second kappa shape index (κ2) is 7.13. The lowest BCUT2D eigenvalue weighted by Crippen LogP contribution is -2.49. The molecule has 2 amide bonds. The number of amides is 2. The number of likely N-dealkylation sites (N-methyl/N-ethyl adjacent to an activating group) is 1. The average molecular weight is 284 g/mol. The highest BCUT2D eigenvalue weighted by atomic mass is 32.1. The minimum absolute atomic E-state index is 0.0185. The van der Waals surface area contributed by atoms with Gasteiger partial charge in [-0.05, 0) is 24.8 Å². The van der Waals surface area contributed by atoms with Crippen LogP contribution in [0.15, 0.2) is 17.5 Å². The molecule has 0 aromatic carbocycles. The molecule has 0 fully saturated rings. The maximum Gasteiger partial charge on any atom is 0.326 e. The molecule has 1 rings (SSSR count). The zero-order valence-electron chi connectivity index (χ0n) is 11.4. The molecule has 0 aliphatic heterocycles. The van der Waals surface area contributed by atoms with Gasteiger partial charge in [0.05, 0.1) is 0 Å². The van der Waals surface area contributed by atoms with Crippen LogP contribution in [-0.2, 0) is 11.2 Å². The van der Waals surface area contributed by atoms with Gasteiger partial charge in [-0.1, -0.05) is 13.0 Å². The zero-order chi connectivity index (χ0) is 14.4. The molecular weight excluding hydrogens is 264 g/mol. The highest BCUT2D eigenvalue weighted by Gasteiger charge is 2.22. The van der Waals surface area contributed by atoms with Crippen LogP contribution in [0.3, 0.4) is 0 Å². The Bertz CT molecular complexity index is 420. The van der Waals surface area contributed by atoms with Crippen LogP contribution in [0, 0.1) is 0 Å². The van der Waals surface area contributed by atoms with Gasteiger partial charge in [-0.2, -0.15) is 0 Å². The Morgan fingerprint density at radius 3 is 2.68 bits per heavy atom. The second-order valence-electron chi connectivity index (χ2n) is 4.49. The first-order chi connectivity index (χ1) is 8.95. The fourth-order valence-corrected chi connectivity index (χ4v) is 2.47. The van der Waals surface area contributed by atoms with Gasteiger partial charge in [0.25, 0.3) is 0 Å². The van der Waals surface area contributed by atoms with Crippen molar-refractivity contribution in [3.63, 3.8) is 0 Å². The molecule has 0 aliphatic rings. The van der Waals surface area contributed by atoms with Crippen LogP contribution < -0.4 is 5.32 Å². The number of carbonyl (C=O) groups excluding carboxylic acids is 1. The van der Waals surface area contributed by atoms with Crippen LogP contribution in [0.4, 0.5) is 4.79 Å². The van der Waals surface area contributed by atoms with Crippen LogP contribution in [0.5, 0.6) is 0 Å². The van der Waals surface area contributed by atoms with Crippen molar-refractivity contribution < 1.29 is 14.7 Å². The van der Waals surface area contributed by atoms with Crippen molar-refractivity contribution in [1.29, 1.82) is 0 Å². The molecule has 0 spiro atoms. The van der Waals surface area contributed by atoms with E-state index in [-0.39, 0.29) is 12.1 Å². The van der Waals surface area contributed by atoms with Gasteiger partial charge in [-0.25, -0.2) is 9.59 Å². The summed E-state index contributed by atoms with van der Waals surface area (Å²) in [7, 11) is 1.68. The topological polar surface area (TPSA) is 69.6 Å². The molecule has 2 unspecified atom stereocenters. The minimum atomic E-state index is -1.00. The summed E-state index contributed by atoms with van der Waals surface area (Å²) in [6.07, 6.45) is 1.14. The Balaban J connectivity index is 2.53. The minimum Gasteiger partial charge on any atom is -0.480 e. The van der Waals surface area contributed by atoms with Crippen LogP contribution in [0.1, 0.15) is 25.1 Å². The van der Waals surface area contributed by atoms with E-state index < -0.39 is 12.0 Å². The zero-order valence-corrected chi connectivity index (χ0v) is 12.2. The number of nitrogens with zero attached hydrogens (tertiary/aromatic N) is 1. The summed E-state index contributed by atoms with van der Waals surface area (Å²) in [6, 6.07) is 2.84. The maximum absolute atomic E-state index is 11.9. The molecule has 0 saturated carbocycles. The van der Waals surface area contributed by atoms with Crippen molar-refractivity contribution >= 4 is 23.3 Å². The van der Waals surface area contributed by atoms with E-state index in [2.05, 4.69) is 5.32 Å². The van der Waals surface area contributed by atoms with Gasteiger partial charge in [0, 0.05) is 24.4 Å². The Morgan fingerprint density at radius 1 is 1.53 bits per heavy atom. The van der Waals surface area contributed by atoms with E-state index in [1.807, 2.05) is 24.4 Å². The van der Waals surface area contributed by atoms with E-state index in [4.69, 9.17) is 5.11 Å². The monoisotopic (exact) mass is 284 g/mol. The number of carboxylic acid groups (broad SMARTS) is 1. The molecule has 5 nitrogen and oxygen atoms in total. The molecule has 0 saturated heterocycles. The van der Waals surface area contributed by atoms with E-state index in [1.54, 1.807) is 30.2 Å². The Hall–Kier alpha value is -1.56. The highest BCUT2D eigenvalue weighted by Crippen LogP contribution is 2.13. The summed E-state index contributed by atoms with van der Waals surface area (Å²) in [6.45, 7) is 3.68. The number of thiophene rings is 1. The number of urea groups is 1. The van der Waals surface area contributed by atoms with E-state index in [0.717, 1.165) is 6.42 Å². The summed E-state index contributed by atoms with van der Waals surface area (Å²) < 4.78 is 0. The Kier molecular flexibility index (Phi) is 5.82. The third kappa shape index (κ3) is 4.55. The highest BCUT2D eigenvalue weighted by molar-refractivity contribution is 7.09. The average Bonchev–Trinajstić information content (AvgIpc) is 2.86. The number of hydrogen-bond donors (Lipinski definition) is 2. The SMILES string of the molecule is CCC(NC(=O)N(C)C(C)Cc1cccs1)C(=O)O. The second-order valence-corrected chi connectivity index (χ2v) is 5.52. The molecule has 2 N–H and O–H groups in total. The van der Waals surface area contributed by atoms with Crippen LogP contribution >= 0.6 is 11.3 Å². The van der Waals surface area contributed by atoms with Crippen LogP contribution in [0.25, 0.3) is 0 Å². The van der Waals surface area contributed by atoms with E-state index in [0.29, 0.717) is 6.42 Å². The Labute approximate surface area is 117 Å². The van der Waals surface area contributed by atoms with E-state index >= 15 is 0 Å². The fraction of sp³-hybridized carbons (Fsp3) is 0.538. The summed E-state index contributed by atoms with van der Waals surface area (Å²) in [5.41, 5.74) is 0. The standard InChI is InChI=1S/C13H20N2O3S/c1-4-11(12(16)17)14-13(18)15(3)9(2)8-10-6-5-7-19-10/h5-7,9,11H,4,8H2,1-3H3,(H,14,18)(H,16,17). The van der Waals surface area contributed by atoms with E-state index in [1.165, 1.54) is 4.88 Å². The number of rotatable bonds is 6. The molecule has 0 radical (unpaired) electrons. The number of hydrogen-bond acceptors (Lipinski definition) is 3. The molecule has 1 aromatic rings. The van der Waals surface area contributed by atoms with Crippen LogP contribution in [-0.4, -0.2) is 41.1 Å². The molecule has 0 aliphatic carbocycles. The molecule has 0 bridgehead atoms. The fourth-order valence-electron chi connectivity index (χ4n) is 1.65. The van der Waals surface area contributed by atoms with Crippen molar-refractivity contribution in [3.05, 3.63) is 22.4 Å². The molecular formula is C13H20N2O3S. The van der Waals surface area contributed by atoms with Crippen LogP contribution in [0.2, 0.25) is 0 Å². The molecule has 106 valence electrons. The van der Waals surface area contributed by atoms with Gasteiger partial charge in [0.15, 0.2) is 0 Å². The maximum atomic E-state index is 11.9. The summed E-state index contributed by atoms with van der Waals surface area (Å²) in [5, 5.41) is 13.4. The molecule has 1 aromatic heterocycles. The summed E-state index contributed by atoms with van der Waals surface area (Å²) in [5.74, 6) is -1.00. The normalized spacial score (nSPS) is 13.6. The summed E-state index contributed by atoms with van der Waals surface area (Å²) in [4.78, 5) is 25.6. The van der Waals surface area contributed by atoms with Crippen molar-refractivity contribution in [2.75, 3.05) is 7.05 Å². The Morgan fingerprint density at radius 2 is 2.21 bits per heavy atom. The predicted molar refractivity (Wildman–Crippen MR) is 75.5 cm³/mol. The molecule has 2 atom stereocenters. The molecule has 6 heteroatoms. The third-order valence-corrected chi connectivity index (χ3v) is 3.96. The van der Waals surface area contributed by atoms with Gasteiger partial charge >= 0.3 is 12.0 Å². The van der Waals surface area contributed by atoms with Crippen molar-refractivity contribution in [2.45, 2.75) is 38.8 Å². The molecule has 1 heterocycles. The summed E-state index contributed by atoms with van der Waals surface area (Å²) >= 11 is 1.65. The van der Waals surface area contributed by atoms with Gasteiger partial charge < -0.3 is 15.3 Å². The van der Waals surface area contributed by atoms with Crippen molar-refractivity contribution in [1.82, 2.24) is 10.2 Å². The lowest BCUT2D eigenvalue weighted by Gasteiger charge is -2.26. The van der Waals surface area contributed by atoms with Crippen molar-refractivity contribution in [3.8, 4) is 0 Å². The first-order valence-electron chi connectivity index (χ1n) is 6.24. The smallest absolute Gasteiger partial charge is 0.326 e. The lowest BCUT2D eigenvalue weighted by molar-refractivity contribution is -0.139. The molecule has 19 heavy (non-hydrogen) atoms. The van der Waals surface area contributed by atoms with Gasteiger partial charge in [0.2, 0.25) is 0 Å². The first kappa shape index (κ1) is 15.5. The third-order valence-electron chi connectivity index (χ3n) is 3.06.